The average Bonchev–Trinajstić information content (AvgIpc) is 2.90. The number of aromatic nitrogens is 3. The molecule has 6 nitrogen and oxygen atoms in total. The number of nitrogens with one attached hydrogen (secondary N) is 2. The van der Waals surface area contributed by atoms with Gasteiger partial charge in [-0.3, -0.25) is 4.98 Å². The minimum absolute atomic E-state index is 0.339. The van der Waals surface area contributed by atoms with Gasteiger partial charge in [-0.05, 0) is 0 Å². The van der Waals surface area contributed by atoms with Gasteiger partial charge in [0.25, 0.3) is 0 Å². The lowest BCUT2D eigenvalue weighted by atomic mass is 10.2. The molecule has 0 aliphatic heterocycles. The fourth-order valence-corrected chi connectivity index (χ4v) is 2.04. The zero-order valence-electron chi connectivity index (χ0n) is 9.42. The van der Waals surface area contributed by atoms with E-state index in [0.717, 1.165) is 11.6 Å². The van der Waals surface area contributed by atoms with E-state index in [0.29, 0.717) is 17.6 Å². The van der Waals surface area contributed by atoms with Gasteiger partial charge in [0.15, 0.2) is 5.82 Å². The summed E-state index contributed by atoms with van der Waals surface area (Å²) in [4.78, 5) is 12.5. The SMILES string of the molecule is CC(CNc1cncc(NN)n1)c1nccs1. The Morgan fingerprint density at radius 2 is 2.24 bits per heavy atom. The zero-order valence-corrected chi connectivity index (χ0v) is 10.2. The van der Waals surface area contributed by atoms with Crippen LogP contribution in [0.5, 0.6) is 0 Å². The summed E-state index contributed by atoms with van der Waals surface area (Å²) in [6.45, 7) is 2.88. The molecule has 17 heavy (non-hydrogen) atoms. The van der Waals surface area contributed by atoms with Crippen LogP contribution in [0.25, 0.3) is 0 Å². The van der Waals surface area contributed by atoms with E-state index < -0.39 is 0 Å². The van der Waals surface area contributed by atoms with Crippen molar-refractivity contribution in [2.45, 2.75) is 12.8 Å². The van der Waals surface area contributed by atoms with Crippen LogP contribution < -0.4 is 16.6 Å². The number of rotatable bonds is 5. The maximum Gasteiger partial charge on any atom is 0.160 e. The molecular weight excluding hydrogens is 236 g/mol. The topological polar surface area (TPSA) is 88.8 Å². The van der Waals surface area contributed by atoms with E-state index in [1.807, 2.05) is 11.6 Å². The van der Waals surface area contributed by atoms with Gasteiger partial charge in [-0.15, -0.1) is 11.3 Å². The number of nitrogens with zero attached hydrogens (tertiary/aromatic N) is 3. The van der Waals surface area contributed by atoms with Crippen molar-refractivity contribution in [3.8, 4) is 0 Å². The van der Waals surface area contributed by atoms with Gasteiger partial charge in [-0.25, -0.2) is 15.8 Å². The second-order valence-electron chi connectivity index (χ2n) is 3.59. The molecule has 2 rings (SSSR count). The third kappa shape index (κ3) is 3.11. The Bertz CT molecular complexity index is 458. The molecule has 90 valence electrons. The molecule has 0 fully saturated rings. The monoisotopic (exact) mass is 250 g/mol. The maximum absolute atomic E-state index is 5.26. The van der Waals surface area contributed by atoms with Crippen molar-refractivity contribution in [3.63, 3.8) is 0 Å². The average molecular weight is 250 g/mol. The third-order valence-electron chi connectivity index (χ3n) is 2.24. The van der Waals surface area contributed by atoms with Crippen molar-refractivity contribution in [2.75, 3.05) is 17.3 Å². The molecule has 7 heteroatoms. The molecule has 0 aromatic carbocycles. The molecule has 0 saturated heterocycles. The molecule has 2 aromatic heterocycles. The van der Waals surface area contributed by atoms with Gasteiger partial charge in [-0.2, -0.15) is 0 Å². The van der Waals surface area contributed by atoms with Crippen molar-refractivity contribution in [2.24, 2.45) is 5.84 Å². The number of nitrogen functional groups attached to an aromatic ring is 1. The molecule has 0 aliphatic rings. The van der Waals surface area contributed by atoms with E-state index in [9.17, 15) is 0 Å². The number of hydrazine groups is 1. The molecule has 0 spiro atoms. The van der Waals surface area contributed by atoms with E-state index in [-0.39, 0.29) is 0 Å². The molecule has 2 heterocycles. The molecule has 2 aromatic rings. The Balaban J connectivity index is 1.93. The summed E-state index contributed by atoms with van der Waals surface area (Å²) in [5.74, 6) is 6.84. The predicted octanol–water partition coefficient (Wildman–Crippen LogP) is 1.43. The molecule has 1 atom stereocenters. The lowest BCUT2D eigenvalue weighted by Gasteiger charge is -2.10. The third-order valence-corrected chi connectivity index (χ3v) is 3.25. The van der Waals surface area contributed by atoms with Gasteiger partial charge in [-0.1, -0.05) is 6.92 Å². The quantitative estimate of drug-likeness (QED) is 0.549. The fraction of sp³-hybridized carbons (Fsp3) is 0.300. The number of hydrogen-bond donors (Lipinski definition) is 3. The van der Waals surface area contributed by atoms with Crippen LogP contribution in [0.2, 0.25) is 0 Å². The Morgan fingerprint density at radius 3 is 2.94 bits per heavy atom. The highest BCUT2D eigenvalue weighted by molar-refractivity contribution is 7.09. The second-order valence-corrected chi connectivity index (χ2v) is 4.51. The smallest absolute Gasteiger partial charge is 0.160 e. The van der Waals surface area contributed by atoms with Crippen LogP contribution in [0.3, 0.4) is 0 Å². The lowest BCUT2D eigenvalue weighted by molar-refractivity contribution is 0.791. The molecular formula is C10H14N6S. The van der Waals surface area contributed by atoms with Crippen molar-refractivity contribution in [1.82, 2.24) is 15.0 Å². The first-order valence-corrected chi connectivity index (χ1v) is 6.09. The van der Waals surface area contributed by atoms with Gasteiger partial charge in [0.2, 0.25) is 0 Å². The minimum Gasteiger partial charge on any atom is -0.368 e. The number of thiazole rings is 1. The van der Waals surface area contributed by atoms with Crippen molar-refractivity contribution in [1.29, 1.82) is 0 Å². The first-order valence-electron chi connectivity index (χ1n) is 5.21. The maximum atomic E-state index is 5.26. The number of nitrogens with two attached hydrogens (primary N) is 1. The van der Waals surface area contributed by atoms with Gasteiger partial charge in [0, 0.05) is 24.0 Å². The minimum atomic E-state index is 0.339. The van der Waals surface area contributed by atoms with Crippen molar-refractivity contribution < 1.29 is 0 Å². The molecule has 0 radical (unpaired) electrons. The van der Waals surface area contributed by atoms with Crippen LogP contribution >= 0.6 is 11.3 Å². The Hall–Kier alpha value is -1.73. The van der Waals surface area contributed by atoms with Crippen LogP contribution in [-0.2, 0) is 0 Å². The van der Waals surface area contributed by atoms with Crippen LogP contribution in [-0.4, -0.2) is 21.5 Å². The summed E-state index contributed by atoms with van der Waals surface area (Å²) in [7, 11) is 0. The van der Waals surface area contributed by atoms with Gasteiger partial charge < -0.3 is 10.7 Å². The van der Waals surface area contributed by atoms with Crippen LogP contribution in [0.1, 0.15) is 17.8 Å². The highest BCUT2D eigenvalue weighted by Crippen LogP contribution is 2.18. The molecule has 0 bridgehead atoms. The Kier molecular flexibility index (Phi) is 3.84. The first kappa shape index (κ1) is 11.7. The molecule has 4 N–H and O–H groups in total. The van der Waals surface area contributed by atoms with Crippen LogP contribution in [0, 0.1) is 0 Å². The van der Waals surface area contributed by atoms with E-state index >= 15 is 0 Å². The fourth-order valence-electron chi connectivity index (χ4n) is 1.34. The summed E-state index contributed by atoms with van der Waals surface area (Å²) < 4.78 is 0. The summed E-state index contributed by atoms with van der Waals surface area (Å²) >= 11 is 1.65. The largest absolute Gasteiger partial charge is 0.368 e. The van der Waals surface area contributed by atoms with Gasteiger partial charge >= 0.3 is 0 Å². The van der Waals surface area contributed by atoms with Crippen LogP contribution in [0.4, 0.5) is 11.6 Å². The normalized spacial score (nSPS) is 12.1. The highest BCUT2D eigenvalue weighted by atomic mass is 32.1. The van der Waals surface area contributed by atoms with Gasteiger partial charge in [0.05, 0.1) is 17.4 Å². The second kappa shape index (κ2) is 5.55. The highest BCUT2D eigenvalue weighted by Gasteiger charge is 2.08. The standard InChI is InChI=1S/C10H14N6S/c1-7(10-13-2-3-17-10)4-14-8-5-12-6-9(15-8)16-11/h2-3,5-7H,4,11H2,1H3,(H2,14,15,16). The zero-order chi connectivity index (χ0) is 12.1. The molecule has 0 aliphatic carbocycles. The predicted molar refractivity (Wildman–Crippen MR) is 68.9 cm³/mol. The molecule has 0 saturated carbocycles. The summed E-state index contributed by atoms with van der Waals surface area (Å²) in [5, 5.41) is 6.29. The summed E-state index contributed by atoms with van der Waals surface area (Å²) in [6, 6.07) is 0. The lowest BCUT2D eigenvalue weighted by Crippen LogP contribution is -2.13. The van der Waals surface area contributed by atoms with Crippen molar-refractivity contribution in [3.05, 3.63) is 29.0 Å². The number of hydrogen-bond acceptors (Lipinski definition) is 7. The summed E-state index contributed by atoms with van der Waals surface area (Å²) in [6.07, 6.45) is 5.04. The van der Waals surface area contributed by atoms with Crippen molar-refractivity contribution >= 4 is 23.0 Å². The molecule has 0 amide bonds. The Morgan fingerprint density at radius 1 is 1.41 bits per heavy atom. The first-order chi connectivity index (χ1) is 8.29. The number of anilines is 2. The molecule has 1 unspecified atom stereocenters. The Labute approximate surface area is 103 Å². The van der Waals surface area contributed by atoms with E-state index in [2.05, 4.69) is 32.6 Å². The van der Waals surface area contributed by atoms with E-state index in [1.54, 1.807) is 23.7 Å². The van der Waals surface area contributed by atoms with E-state index in [1.165, 1.54) is 0 Å². The van der Waals surface area contributed by atoms with Gasteiger partial charge in [0.1, 0.15) is 5.82 Å². The summed E-state index contributed by atoms with van der Waals surface area (Å²) in [5.41, 5.74) is 2.46. The van der Waals surface area contributed by atoms with E-state index in [4.69, 9.17) is 5.84 Å². The van der Waals surface area contributed by atoms with Crippen LogP contribution in [0.15, 0.2) is 24.0 Å².